The summed E-state index contributed by atoms with van der Waals surface area (Å²) in [5.74, 6) is 3.97. The summed E-state index contributed by atoms with van der Waals surface area (Å²) in [5.41, 5.74) is 6.99. The second-order valence-corrected chi connectivity index (χ2v) is 13.7. The highest BCUT2D eigenvalue weighted by Crippen LogP contribution is 2.44. The third-order valence-corrected chi connectivity index (χ3v) is 10.9. The molecule has 2 aliphatic heterocycles. The van der Waals surface area contributed by atoms with E-state index in [2.05, 4.69) is 49.5 Å². The van der Waals surface area contributed by atoms with Gasteiger partial charge in [0, 0.05) is 55.3 Å². The first-order valence-corrected chi connectivity index (χ1v) is 16.5. The molecule has 6 heterocycles. The van der Waals surface area contributed by atoms with Crippen molar-refractivity contribution in [3.63, 3.8) is 0 Å². The second kappa shape index (κ2) is 10.1. The van der Waals surface area contributed by atoms with Crippen LogP contribution in [0.15, 0.2) is 42.6 Å². The van der Waals surface area contributed by atoms with Gasteiger partial charge in [-0.05, 0) is 91.8 Å². The molecule has 10 nitrogen and oxygen atoms in total. The molecule has 1 saturated heterocycles. The van der Waals surface area contributed by atoms with Gasteiger partial charge < -0.3 is 24.1 Å². The van der Waals surface area contributed by atoms with Crippen molar-refractivity contribution >= 4 is 39.7 Å². The molecule has 2 aliphatic carbocycles. The van der Waals surface area contributed by atoms with Crippen molar-refractivity contribution in [2.24, 2.45) is 24.8 Å². The molecule has 234 valence electrons. The Bertz CT molecular complexity index is 2090. The molecule has 10 heteroatoms. The number of imidazole rings is 1. The fraction of sp³-hybridized carbons (Fsp3) is 0.417. The largest absolute Gasteiger partial charge is 0.494 e. The van der Waals surface area contributed by atoms with E-state index in [1.165, 1.54) is 19.3 Å². The molecule has 3 atom stereocenters. The van der Waals surface area contributed by atoms with E-state index in [0.29, 0.717) is 53.8 Å². The molecule has 2 amide bonds. The normalized spacial score (nSPS) is 22.1. The summed E-state index contributed by atoms with van der Waals surface area (Å²) in [6.07, 6.45) is 7.65. The second-order valence-electron chi connectivity index (χ2n) is 13.7. The molecule has 1 N–H and O–H groups in total. The highest BCUT2D eigenvalue weighted by molar-refractivity contribution is 6.00. The lowest BCUT2D eigenvalue weighted by Gasteiger charge is -2.27. The summed E-state index contributed by atoms with van der Waals surface area (Å²) >= 11 is 0. The Morgan fingerprint density at radius 2 is 1.93 bits per heavy atom. The Kier molecular flexibility index (Phi) is 6.08. The van der Waals surface area contributed by atoms with Crippen LogP contribution in [0, 0.1) is 17.8 Å². The van der Waals surface area contributed by atoms with Gasteiger partial charge in [-0.2, -0.15) is 0 Å². The number of aryl methyl sites for hydroxylation is 2. The predicted molar refractivity (Wildman–Crippen MR) is 176 cm³/mol. The molecule has 2 saturated carbocycles. The van der Waals surface area contributed by atoms with Gasteiger partial charge in [0.1, 0.15) is 22.7 Å². The van der Waals surface area contributed by atoms with E-state index >= 15 is 0 Å². The zero-order chi connectivity index (χ0) is 31.3. The Hall–Kier alpha value is -4.73. The first-order valence-electron chi connectivity index (χ1n) is 16.5. The van der Waals surface area contributed by atoms with Crippen LogP contribution in [0.4, 0.5) is 5.82 Å². The number of aromatic nitrogens is 5. The number of methoxy groups -OCH3 is 1. The zero-order valence-electron chi connectivity index (χ0n) is 26.4. The average molecular weight is 616 g/mol. The highest BCUT2D eigenvalue weighted by atomic mass is 16.5. The van der Waals surface area contributed by atoms with Gasteiger partial charge in [-0.25, -0.2) is 15.0 Å². The summed E-state index contributed by atoms with van der Waals surface area (Å²) in [6, 6.07) is 12.6. The van der Waals surface area contributed by atoms with Crippen LogP contribution < -0.4 is 10.1 Å². The first-order chi connectivity index (χ1) is 22.4. The number of carbonyl (C=O) groups is 2. The van der Waals surface area contributed by atoms with Crippen molar-refractivity contribution < 1.29 is 14.3 Å². The third kappa shape index (κ3) is 4.25. The van der Waals surface area contributed by atoms with Crippen molar-refractivity contribution in [2.45, 2.75) is 58.0 Å². The smallest absolute Gasteiger partial charge is 0.254 e. The number of fused-ring (bicyclic) bond motifs is 5. The van der Waals surface area contributed by atoms with Crippen LogP contribution in [0.2, 0.25) is 0 Å². The Labute approximate surface area is 266 Å². The molecule has 0 spiro atoms. The standard InChI is InChI=1S/C36H37N7O3/c1-19-23-7-10-28(19)43(18-23)36(45)24-13-27-32(30(15-24)46-3)41(2)35(39-27)29-14-22-6-9-26(38-34(22)42(29)17-20-4-5-20)25-12-21-8-11-31(44)40-33(21)37-16-25/h6,9,12-16,19-20,23,28H,4-5,7-8,10-11,17-18H2,1-3H3,(H,37,40,44)/t19-,23?,28?/m1/s1. The first kappa shape index (κ1) is 27.6. The lowest BCUT2D eigenvalue weighted by Crippen LogP contribution is -2.38. The summed E-state index contributed by atoms with van der Waals surface area (Å²) < 4.78 is 10.3. The number of pyridine rings is 2. The summed E-state index contributed by atoms with van der Waals surface area (Å²) in [7, 11) is 3.68. The molecule has 2 unspecified atom stereocenters. The minimum atomic E-state index is 0.00754. The third-order valence-electron chi connectivity index (χ3n) is 10.9. The molecule has 0 radical (unpaired) electrons. The maximum Gasteiger partial charge on any atom is 0.254 e. The van der Waals surface area contributed by atoms with Gasteiger partial charge in [0.25, 0.3) is 5.91 Å². The summed E-state index contributed by atoms with van der Waals surface area (Å²) in [5, 5.41) is 3.92. The van der Waals surface area contributed by atoms with Gasteiger partial charge in [0.2, 0.25) is 5.91 Å². The van der Waals surface area contributed by atoms with Crippen molar-refractivity contribution in [2.75, 3.05) is 19.0 Å². The van der Waals surface area contributed by atoms with Crippen molar-refractivity contribution in [1.82, 2.24) is 29.0 Å². The quantitative estimate of drug-likeness (QED) is 0.258. The number of carbonyl (C=O) groups excluding carboxylic acids is 2. The number of benzene rings is 1. The van der Waals surface area contributed by atoms with Gasteiger partial charge >= 0.3 is 0 Å². The minimum absolute atomic E-state index is 0.00754. The van der Waals surface area contributed by atoms with Crippen LogP contribution in [0.3, 0.4) is 0 Å². The van der Waals surface area contributed by atoms with Crippen molar-refractivity contribution in [3.8, 4) is 28.5 Å². The van der Waals surface area contributed by atoms with Gasteiger partial charge in [0.05, 0.1) is 24.0 Å². The monoisotopic (exact) mass is 615 g/mol. The fourth-order valence-electron chi connectivity index (χ4n) is 8.14. The Balaban J connectivity index is 1.13. The fourth-order valence-corrected chi connectivity index (χ4v) is 8.14. The van der Waals surface area contributed by atoms with Crippen LogP contribution in [0.5, 0.6) is 5.75 Å². The lowest BCUT2D eigenvalue weighted by molar-refractivity contribution is -0.116. The number of piperidine rings is 1. The Morgan fingerprint density at radius 1 is 1.07 bits per heavy atom. The Morgan fingerprint density at radius 3 is 2.70 bits per heavy atom. The molecular weight excluding hydrogens is 578 g/mol. The molecule has 9 rings (SSSR count). The molecule has 5 aromatic rings. The van der Waals surface area contributed by atoms with E-state index in [0.717, 1.165) is 69.9 Å². The number of likely N-dealkylation sites (tertiary alicyclic amines) is 1. The van der Waals surface area contributed by atoms with E-state index in [-0.39, 0.29) is 11.8 Å². The summed E-state index contributed by atoms with van der Waals surface area (Å²) in [6.45, 7) is 3.99. The van der Waals surface area contributed by atoms with E-state index in [9.17, 15) is 9.59 Å². The van der Waals surface area contributed by atoms with Crippen LogP contribution in [0.1, 0.15) is 54.9 Å². The topological polar surface area (TPSA) is 107 Å². The van der Waals surface area contributed by atoms with Gasteiger partial charge in [-0.15, -0.1) is 0 Å². The number of hydrogen-bond acceptors (Lipinski definition) is 6. The maximum atomic E-state index is 13.8. The van der Waals surface area contributed by atoms with Gasteiger partial charge in [-0.3, -0.25) is 9.59 Å². The van der Waals surface area contributed by atoms with Gasteiger partial charge in [-0.1, -0.05) is 6.92 Å². The molecule has 46 heavy (non-hydrogen) atoms. The number of hydrogen-bond donors (Lipinski definition) is 1. The molecule has 3 fully saturated rings. The van der Waals surface area contributed by atoms with E-state index in [1.54, 1.807) is 13.3 Å². The van der Waals surface area contributed by atoms with Gasteiger partial charge in [0.15, 0.2) is 5.82 Å². The van der Waals surface area contributed by atoms with Crippen molar-refractivity contribution in [3.05, 3.63) is 53.7 Å². The number of amides is 2. The average Bonchev–Trinajstić information content (AvgIpc) is 3.47. The summed E-state index contributed by atoms with van der Waals surface area (Å²) in [4.78, 5) is 42.6. The minimum Gasteiger partial charge on any atom is -0.494 e. The number of anilines is 1. The van der Waals surface area contributed by atoms with Crippen LogP contribution in [0.25, 0.3) is 44.8 Å². The van der Waals surface area contributed by atoms with E-state index in [1.807, 2.05) is 25.2 Å². The van der Waals surface area contributed by atoms with Crippen molar-refractivity contribution in [1.29, 1.82) is 0 Å². The molecule has 4 aliphatic rings. The zero-order valence-corrected chi connectivity index (χ0v) is 26.4. The highest BCUT2D eigenvalue weighted by Gasteiger charge is 2.46. The van der Waals surface area contributed by atoms with Crippen LogP contribution >= 0.6 is 0 Å². The number of rotatable bonds is 6. The van der Waals surface area contributed by atoms with Crippen LogP contribution in [-0.2, 0) is 24.8 Å². The van der Waals surface area contributed by atoms with E-state index in [4.69, 9.17) is 14.7 Å². The molecule has 1 aromatic carbocycles. The van der Waals surface area contributed by atoms with Crippen LogP contribution in [-0.4, -0.2) is 60.5 Å². The molecule has 4 aromatic heterocycles. The number of nitrogens with one attached hydrogen (secondary N) is 1. The SMILES string of the molecule is COc1cc(C(=O)N2CC3CCC2[C@@H]3C)cc2nc(-c3cc4ccc(-c5cnc6c(c5)CCC(=O)N6)nc4n3CC3CC3)n(C)c12. The molecule has 2 bridgehead atoms. The predicted octanol–water partition coefficient (Wildman–Crippen LogP) is 5.83. The maximum absolute atomic E-state index is 13.8. The van der Waals surface area contributed by atoms with E-state index < -0.39 is 0 Å². The number of ether oxygens (including phenoxy) is 1. The number of nitrogens with zero attached hydrogens (tertiary/aromatic N) is 6. The lowest BCUT2D eigenvalue weighted by atomic mass is 10.0. The molecular formula is C36H37N7O3.